The molecule has 0 bridgehead atoms. The molecular formula is C11H15FN4. The van der Waals surface area contributed by atoms with E-state index in [1.54, 1.807) is 0 Å². The lowest BCUT2D eigenvalue weighted by Gasteiger charge is -2.18. The highest BCUT2D eigenvalue weighted by Crippen LogP contribution is 2.31. The summed E-state index contributed by atoms with van der Waals surface area (Å²) in [5.41, 5.74) is 0. The Morgan fingerprint density at radius 3 is 2.25 bits per heavy atom. The summed E-state index contributed by atoms with van der Waals surface area (Å²) >= 11 is 0. The number of fused-ring (bicyclic) bond motifs is 1. The number of aromatic nitrogens is 2. The molecule has 86 valence electrons. The lowest BCUT2D eigenvalue weighted by atomic mass is 10.0. The normalized spacial score (nSPS) is 29.8. The van der Waals surface area contributed by atoms with Crippen molar-refractivity contribution in [2.45, 2.75) is 0 Å². The van der Waals surface area contributed by atoms with E-state index in [1.165, 1.54) is 12.4 Å². The minimum atomic E-state index is -0.372. The maximum atomic E-state index is 12.7. The standard InChI is InChI=1S/C11H15FN4/c1-15-4-8-6-16(7-9(8)5-15)11-13-2-10(12)3-14-11/h2-3,8-9H,4-7H2,1H3. The topological polar surface area (TPSA) is 32.3 Å². The van der Waals surface area contributed by atoms with Crippen molar-refractivity contribution in [2.24, 2.45) is 11.8 Å². The molecule has 5 heteroatoms. The molecule has 2 unspecified atom stereocenters. The van der Waals surface area contributed by atoms with E-state index < -0.39 is 0 Å². The summed E-state index contributed by atoms with van der Waals surface area (Å²) < 4.78 is 12.7. The molecule has 2 fully saturated rings. The highest BCUT2D eigenvalue weighted by atomic mass is 19.1. The van der Waals surface area contributed by atoms with E-state index in [-0.39, 0.29) is 5.82 Å². The molecule has 2 aliphatic rings. The van der Waals surface area contributed by atoms with E-state index in [0.29, 0.717) is 5.95 Å². The van der Waals surface area contributed by atoms with Crippen molar-refractivity contribution in [3.8, 4) is 0 Å². The van der Waals surface area contributed by atoms with Gasteiger partial charge in [-0.2, -0.15) is 0 Å². The predicted octanol–water partition coefficient (Wildman–Crippen LogP) is 0.613. The quantitative estimate of drug-likeness (QED) is 0.697. The molecule has 1 aromatic heterocycles. The second-order valence-electron chi connectivity index (χ2n) is 4.85. The zero-order valence-corrected chi connectivity index (χ0v) is 9.30. The van der Waals surface area contributed by atoms with Gasteiger partial charge < -0.3 is 9.80 Å². The number of hydrogen-bond donors (Lipinski definition) is 0. The number of rotatable bonds is 1. The zero-order chi connectivity index (χ0) is 11.1. The van der Waals surface area contributed by atoms with Crippen molar-refractivity contribution in [1.29, 1.82) is 0 Å². The first-order chi connectivity index (χ1) is 7.72. The fourth-order valence-corrected chi connectivity index (χ4v) is 2.86. The van der Waals surface area contributed by atoms with E-state index in [1.807, 2.05) is 0 Å². The van der Waals surface area contributed by atoms with Crippen LogP contribution in [0.15, 0.2) is 12.4 Å². The minimum absolute atomic E-state index is 0.372. The first-order valence-electron chi connectivity index (χ1n) is 5.63. The fourth-order valence-electron chi connectivity index (χ4n) is 2.86. The van der Waals surface area contributed by atoms with E-state index >= 15 is 0 Å². The smallest absolute Gasteiger partial charge is 0.225 e. The van der Waals surface area contributed by atoms with E-state index in [9.17, 15) is 4.39 Å². The molecular weight excluding hydrogens is 207 g/mol. The summed E-state index contributed by atoms with van der Waals surface area (Å²) in [5.74, 6) is 1.73. The van der Waals surface area contributed by atoms with Gasteiger partial charge in [-0.1, -0.05) is 0 Å². The number of hydrogen-bond acceptors (Lipinski definition) is 4. The van der Waals surface area contributed by atoms with Crippen LogP contribution in [0.3, 0.4) is 0 Å². The maximum Gasteiger partial charge on any atom is 0.225 e. The first kappa shape index (κ1) is 9.96. The van der Waals surface area contributed by atoms with Crippen LogP contribution in [0.2, 0.25) is 0 Å². The van der Waals surface area contributed by atoms with Crippen LogP contribution < -0.4 is 4.90 Å². The Bertz CT molecular complexity index is 366. The molecule has 2 aliphatic heterocycles. The third-order valence-corrected chi connectivity index (χ3v) is 3.56. The Balaban J connectivity index is 1.73. The summed E-state index contributed by atoms with van der Waals surface area (Å²) in [6.45, 7) is 4.31. The minimum Gasteiger partial charge on any atom is -0.340 e. The third-order valence-electron chi connectivity index (χ3n) is 3.56. The van der Waals surface area contributed by atoms with Crippen molar-refractivity contribution in [1.82, 2.24) is 14.9 Å². The van der Waals surface area contributed by atoms with Crippen molar-refractivity contribution < 1.29 is 4.39 Å². The van der Waals surface area contributed by atoms with Gasteiger partial charge in [-0.3, -0.25) is 0 Å². The number of anilines is 1. The van der Waals surface area contributed by atoms with Crippen LogP contribution in [0.4, 0.5) is 10.3 Å². The predicted molar refractivity (Wildman–Crippen MR) is 58.7 cm³/mol. The molecule has 0 N–H and O–H groups in total. The summed E-state index contributed by atoms with van der Waals surface area (Å²) in [4.78, 5) is 12.6. The molecule has 0 saturated carbocycles. The van der Waals surface area contributed by atoms with Crippen molar-refractivity contribution in [2.75, 3.05) is 38.1 Å². The number of halogens is 1. The molecule has 1 aromatic rings. The Labute approximate surface area is 94.1 Å². The van der Waals surface area contributed by atoms with Crippen molar-refractivity contribution >= 4 is 5.95 Å². The third kappa shape index (κ3) is 1.65. The Morgan fingerprint density at radius 1 is 1.12 bits per heavy atom. The Kier molecular flexibility index (Phi) is 2.28. The summed E-state index contributed by atoms with van der Waals surface area (Å²) in [7, 11) is 2.16. The maximum absolute atomic E-state index is 12.7. The van der Waals surface area contributed by atoms with Crippen LogP contribution >= 0.6 is 0 Å². The second kappa shape index (κ2) is 3.66. The summed E-state index contributed by atoms with van der Waals surface area (Å²) in [6.07, 6.45) is 2.48. The first-order valence-corrected chi connectivity index (χ1v) is 5.63. The Morgan fingerprint density at radius 2 is 1.69 bits per heavy atom. The van der Waals surface area contributed by atoms with Gasteiger partial charge in [0.1, 0.15) is 0 Å². The largest absolute Gasteiger partial charge is 0.340 e. The molecule has 0 aliphatic carbocycles. The fraction of sp³-hybridized carbons (Fsp3) is 0.636. The van der Waals surface area contributed by atoms with E-state index in [4.69, 9.17) is 0 Å². The van der Waals surface area contributed by atoms with Gasteiger partial charge in [0.15, 0.2) is 5.82 Å². The SMILES string of the molecule is CN1CC2CN(c3ncc(F)cn3)CC2C1. The monoisotopic (exact) mass is 222 g/mol. The van der Waals surface area contributed by atoms with Gasteiger partial charge in [0.25, 0.3) is 0 Å². The highest BCUT2D eigenvalue weighted by molar-refractivity contribution is 5.32. The van der Waals surface area contributed by atoms with Crippen LogP contribution in [0, 0.1) is 17.7 Å². The summed E-state index contributed by atoms with van der Waals surface area (Å²) in [5, 5.41) is 0. The summed E-state index contributed by atoms with van der Waals surface area (Å²) in [6, 6.07) is 0. The lowest BCUT2D eigenvalue weighted by molar-refractivity contribution is 0.386. The van der Waals surface area contributed by atoms with Crippen LogP contribution in [0.5, 0.6) is 0 Å². The number of nitrogens with zero attached hydrogens (tertiary/aromatic N) is 4. The van der Waals surface area contributed by atoms with E-state index in [0.717, 1.165) is 38.0 Å². The molecule has 0 amide bonds. The van der Waals surface area contributed by atoms with Crippen LogP contribution in [0.1, 0.15) is 0 Å². The molecule has 0 aromatic carbocycles. The van der Waals surface area contributed by atoms with E-state index in [2.05, 4.69) is 26.8 Å². The molecule has 3 rings (SSSR count). The van der Waals surface area contributed by atoms with Crippen LogP contribution in [0.25, 0.3) is 0 Å². The molecule has 0 radical (unpaired) electrons. The van der Waals surface area contributed by atoms with Gasteiger partial charge in [-0.15, -0.1) is 0 Å². The second-order valence-corrected chi connectivity index (χ2v) is 4.85. The Hall–Kier alpha value is -1.23. The number of likely N-dealkylation sites (tertiary alicyclic amines) is 1. The van der Waals surface area contributed by atoms with Gasteiger partial charge in [0.05, 0.1) is 12.4 Å². The van der Waals surface area contributed by atoms with Crippen molar-refractivity contribution in [3.05, 3.63) is 18.2 Å². The molecule has 2 atom stereocenters. The van der Waals surface area contributed by atoms with Gasteiger partial charge in [0.2, 0.25) is 5.95 Å². The average molecular weight is 222 g/mol. The molecule has 2 saturated heterocycles. The van der Waals surface area contributed by atoms with Crippen LogP contribution in [-0.4, -0.2) is 48.1 Å². The molecule has 16 heavy (non-hydrogen) atoms. The van der Waals surface area contributed by atoms with Gasteiger partial charge in [0, 0.05) is 26.2 Å². The molecule has 4 nitrogen and oxygen atoms in total. The average Bonchev–Trinajstić information content (AvgIpc) is 2.75. The van der Waals surface area contributed by atoms with Gasteiger partial charge in [-0.25, -0.2) is 14.4 Å². The lowest BCUT2D eigenvalue weighted by Crippen LogP contribution is -2.27. The van der Waals surface area contributed by atoms with Gasteiger partial charge in [-0.05, 0) is 18.9 Å². The highest BCUT2D eigenvalue weighted by Gasteiger charge is 2.39. The molecule has 3 heterocycles. The zero-order valence-electron chi connectivity index (χ0n) is 9.30. The van der Waals surface area contributed by atoms with Gasteiger partial charge >= 0.3 is 0 Å². The molecule has 0 spiro atoms. The van der Waals surface area contributed by atoms with Crippen molar-refractivity contribution in [3.63, 3.8) is 0 Å². The van der Waals surface area contributed by atoms with Crippen LogP contribution in [-0.2, 0) is 0 Å².